The number of hydrogen-bond acceptors (Lipinski definition) is 3. The molecule has 2 aliphatic rings. The maximum Gasteiger partial charge on any atom is 0.410 e. The predicted molar refractivity (Wildman–Crippen MR) is 57.8 cm³/mol. The summed E-state index contributed by atoms with van der Waals surface area (Å²) in [6.07, 6.45) is 3.06. The lowest BCUT2D eigenvalue weighted by Gasteiger charge is -2.42. The van der Waals surface area contributed by atoms with Crippen molar-refractivity contribution in [3.05, 3.63) is 0 Å². The lowest BCUT2D eigenvalue weighted by molar-refractivity contribution is 0.0377. The van der Waals surface area contributed by atoms with Crippen LogP contribution in [0.5, 0.6) is 0 Å². The molecule has 15 heavy (non-hydrogen) atoms. The van der Waals surface area contributed by atoms with Gasteiger partial charge in [-0.2, -0.15) is 0 Å². The molecular weight excluding hydrogens is 192 g/mol. The zero-order valence-electron chi connectivity index (χ0n) is 9.53. The molecule has 0 saturated carbocycles. The average Bonchev–Trinajstić information content (AvgIpc) is 2.20. The second-order valence-electron chi connectivity index (χ2n) is 4.66. The highest BCUT2D eigenvalue weighted by Crippen LogP contribution is 2.21. The molecule has 0 bridgehead atoms. The lowest BCUT2D eigenvalue weighted by atomic mass is 9.94. The number of nitrogens with one attached hydrogen (secondary N) is 1. The molecule has 1 N–H and O–H groups in total. The normalized spacial score (nSPS) is 37.6. The Labute approximate surface area is 91.0 Å². The highest BCUT2D eigenvalue weighted by Gasteiger charge is 2.34. The molecule has 0 aliphatic carbocycles. The van der Waals surface area contributed by atoms with Crippen molar-refractivity contribution in [1.82, 2.24) is 10.2 Å². The van der Waals surface area contributed by atoms with Gasteiger partial charge in [0.05, 0.1) is 12.6 Å². The fraction of sp³-hybridized carbons (Fsp3) is 0.909. The molecule has 2 aliphatic heterocycles. The van der Waals surface area contributed by atoms with Gasteiger partial charge >= 0.3 is 6.09 Å². The smallest absolute Gasteiger partial charge is 0.410 e. The largest absolute Gasteiger partial charge is 0.449 e. The van der Waals surface area contributed by atoms with E-state index in [1.54, 1.807) is 0 Å². The molecule has 0 aromatic heterocycles. The molecule has 4 heteroatoms. The maximum atomic E-state index is 11.6. The highest BCUT2D eigenvalue weighted by molar-refractivity contribution is 5.68. The van der Waals surface area contributed by atoms with E-state index < -0.39 is 0 Å². The van der Waals surface area contributed by atoms with Crippen LogP contribution in [0, 0.1) is 0 Å². The number of hydrogen-bond donors (Lipinski definition) is 1. The van der Waals surface area contributed by atoms with Crippen LogP contribution < -0.4 is 5.32 Å². The molecule has 3 unspecified atom stereocenters. The van der Waals surface area contributed by atoms with E-state index in [1.165, 1.54) is 0 Å². The van der Waals surface area contributed by atoms with Gasteiger partial charge in [0.1, 0.15) is 0 Å². The Morgan fingerprint density at radius 1 is 1.40 bits per heavy atom. The van der Waals surface area contributed by atoms with Crippen LogP contribution in [0.15, 0.2) is 0 Å². The number of piperidine rings is 1. The summed E-state index contributed by atoms with van der Waals surface area (Å²) >= 11 is 0. The van der Waals surface area contributed by atoms with Gasteiger partial charge in [0.2, 0.25) is 0 Å². The van der Waals surface area contributed by atoms with Crippen LogP contribution in [-0.4, -0.2) is 42.3 Å². The minimum atomic E-state index is -0.130. The SMILES string of the molecule is CC1CCC(N2CCCOC2=O)C(C)N1. The summed E-state index contributed by atoms with van der Waals surface area (Å²) in [4.78, 5) is 13.5. The van der Waals surface area contributed by atoms with E-state index in [0.717, 1.165) is 25.8 Å². The summed E-state index contributed by atoms with van der Waals surface area (Å²) in [5, 5.41) is 3.50. The Kier molecular flexibility index (Phi) is 3.14. The van der Waals surface area contributed by atoms with Crippen LogP contribution in [0.2, 0.25) is 0 Å². The molecule has 2 heterocycles. The lowest BCUT2D eigenvalue weighted by Crippen LogP contribution is -2.57. The van der Waals surface area contributed by atoms with Crippen molar-refractivity contribution in [2.45, 2.75) is 51.2 Å². The Morgan fingerprint density at radius 2 is 2.20 bits per heavy atom. The third-order valence-electron chi connectivity index (χ3n) is 3.42. The van der Waals surface area contributed by atoms with E-state index >= 15 is 0 Å². The number of amides is 1. The molecule has 4 nitrogen and oxygen atoms in total. The number of rotatable bonds is 1. The fourth-order valence-electron chi connectivity index (χ4n) is 2.61. The Balaban J connectivity index is 1.99. The topological polar surface area (TPSA) is 41.6 Å². The predicted octanol–water partition coefficient (Wildman–Crippen LogP) is 1.36. The monoisotopic (exact) mass is 212 g/mol. The molecule has 0 aromatic rings. The number of nitrogens with zero attached hydrogens (tertiary/aromatic N) is 1. The molecule has 2 saturated heterocycles. The van der Waals surface area contributed by atoms with Gasteiger partial charge in [0.15, 0.2) is 0 Å². The molecule has 3 atom stereocenters. The molecule has 2 fully saturated rings. The summed E-state index contributed by atoms with van der Waals surface area (Å²) in [5.41, 5.74) is 0. The molecule has 2 rings (SSSR count). The van der Waals surface area contributed by atoms with E-state index in [2.05, 4.69) is 19.2 Å². The Morgan fingerprint density at radius 3 is 2.87 bits per heavy atom. The third kappa shape index (κ3) is 2.25. The zero-order chi connectivity index (χ0) is 10.8. The number of carbonyl (C=O) groups excluding carboxylic acids is 1. The zero-order valence-corrected chi connectivity index (χ0v) is 9.53. The number of carbonyl (C=O) groups is 1. The van der Waals surface area contributed by atoms with Crippen molar-refractivity contribution in [3.8, 4) is 0 Å². The van der Waals surface area contributed by atoms with Crippen LogP contribution >= 0.6 is 0 Å². The molecular formula is C11H20N2O2. The van der Waals surface area contributed by atoms with Gasteiger partial charge in [0, 0.05) is 18.6 Å². The maximum absolute atomic E-state index is 11.6. The van der Waals surface area contributed by atoms with E-state index in [-0.39, 0.29) is 6.09 Å². The van der Waals surface area contributed by atoms with Crippen molar-refractivity contribution < 1.29 is 9.53 Å². The first-order valence-corrected chi connectivity index (χ1v) is 5.88. The van der Waals surface area contributed by atoms with Gasteiger partial charge in [0.25, 0.3) is 0 Å². The van der Waals surface area contributed by atoms with Crippen LogP contribution in [0.25, 0.3) is 0 Å². The first-order chi connectivity index (χ1) is 7.18. The van der Waals surface area contributed by atoms with Crippen LogP contribution in [-0.2, 0) is 4.74 Å². The Hall–Kier alpha value is -0.770. The van der Waals surface area contributed by atoms with Crippen molar-refractivity contribution in [2.24, 2.45) is 0 Å². The van der Waals surface area contributed by atoms with Gasteiger partial charge in [-0.15, -0.1) is 0 Å². The van der Waals surface area contributed by atoms with Gasteiger partial charge in [-0.25, -0.2) is 4.79 Å². The Bertz CT molecular complexity index is 245. The number of cyclic esters (lactones) is 1. The van der Waals surface area contributed by atoms with Gasteiger partial charge < -0.3 is 15.0 Å². The average molecular weight is 212 g/mol. The second-order valence-corrected chi connectivity index (χ2v) is 4.66. The van der Waals surface area contributed by atoms with Crippen molar-refractivity contribution in [3.63, 3.8) is 0 Å². The van der Waals surface area contributed by atoms with E-state index in [9.17, 15) is 4.79 Å². The molecule has 0 spiro atoms. The summed E-state index contributed by atoms with van der Waals surface area (Å²) in [6.45, 7) is 5.79. The fourth-order valence-corrected chi connectivity index (χ4v) is 2.61. The van der Waals surface area contributed by atoms with E-state index in [0.29, 0.717) is 24.7 Å². The van der Waals surface area contributed by atoms with Crippen LogP contribution in [0.4, 0.5) is 4.79 Å². The van der Waals surface area contributed by atoms with Gasteiger partial charge in [-0.05, 0) is 33.1 Å². The highest BCUT2D eigenvalue weighted by atomic mass is 16.6. The van der Waals surface area contributed by atoms with Crippen LogP contribution in [0.1, 0.15) is 33.1 Å². The molecule has 86 valence electrons. The number of ether oxygens (including phenoxy) is 1. The second kappa shape index (κ2) is 4.39. The van der Waals surface area contributed by atoms with Crippen LogP contribution in [0.3, 0.4) is 0 Å². The quantitative estimate of drug-likeness (QED) is 0.713. The summed E-state index contributed by atoms with van der Waals surface area (Å²) < 4.78 is 5.08. The van der Waals surface area contributed by atoms with Crippen molar-refractivity contribution in [1.29, 1.82) is 0 Å². The third-order valence-corrected chi connectivity index (χ3v) is 3.42. The minimum Gasteiger partial charge on any atom is -0.449 e. The van der Waals surface area contributed by atoms with Crippen molar-refractivity contribution >= 4 is 6.09 Å². The molecule has 0 aromatic carbocycles. The summed E-state index contributed by atoms with van der Waals surface area (Å²) in [6, 6.07) is 1.26. The summed E-state index contributed by atoms with van der Waals surface area (Å²) in [7, 11) is 0. The first-order valence-electron chi connectivity index (χ1n) is 5.88. The van der Waals surface area contributed by atoms with E-state index in [4.69, 9.17) is 4.74 Å². The van der Waals surface area contributed by atoms with Gasteiger partial charge in [-0.1, -0.05) is 0 Å². The minimum absolute atomic E-state index is 0.130. The van der Waals surface area contributed by atoms with E-state index in [1.807, 2.05) is 4.90 Å². The first kappa shape index (κ1) is 10.7. The molecule has 1 amide bonds. The standard InChI is InChI=1S/C11H20N2O2/c1-8-4-5-10(9(2)12-8)13-6-3-7-15-11(13)14/h8-10,12H,3-7H2,1-2H3. The summed E-state index contributed by atoms with van der Waals surface area (Å²) in [5.74, 6) is 0. The van der Waals surface area contributed by atoms with Crippen molar-refractivity contribution in [2.75, 3.05) is 13.2 Å². The van der Waals surface area contributed by atoms with Gasteiger partial charge in [-0.3, -0.25) is 0 Å². The molecule has 0 radical (unpaired) electrons.